The van der Waals surface area contributed by atoms with Crippen LogP contribution in [0.25, 0.3) is 0 Å². The molecule has 0 bridgehead atoms. The van der Waals surface area contributed by atoms with Gasteiger partial charge in [-0.3, -0.25) is 0 Å². The number of benzene rings is 1. The lowest BCUT2D eigenvalue weighted by molar-refractivity contribution is 0.264. The van der Waals surface area contributed by atoms with Crippen molar-refractivity contribution in [3.05, 3.63) is 29.8 Å². The van der Waals surface area contributed by atoms with Crippen LogP contribution in [0.4, 0.5) is 0 Å². The van der Waals surface area contributed by atoms with E-state index in [1.54, 1.807) is 0 Å². The molecule has 2 rings (SSSR count). The van der Waals surface area contributed by atoms with Crippen molar-refractivity contribution in [3.63, 3.8) is 0 Å². The Morgan fingerprint density at radius 3 is 2.89 bits per heavy atom. The molecule has 102 valence electrons. The fourth-order valence-electron chi connectivity index (χ4n) is 1.77. The summed E-state index contributed by atoms with van der Waals surface area (Å²) in [6.45, 7) is 5.37. The molecule has 19 heavy (non-hydrogen) atoms. The van der Waals surface area contributed by atoms with Gasteiger partial charge in [0, 0.05) is 12.6 Å². The molecule has 1 saturated carbocycles. The summed E-state index contributed by atoms with van der Waals surface area (Å²) in [7, 11) is 0. The second-order valence-electron chi connectivity index (χ2n) is 5.90. The van der Waals surface area contributed by atoms with Crippen molar-refractivity contribution in [1.82, 2.24) is 5.32 Å². The molecule has 0 atom stereocenters. The molecule has 1 aliphatic rings. The van der Waals surface area contributed by atoms with Crippen molar-refractivity contribution >= 4 is 0 Å². The molecule has 0 aromatic heterocycles. The van der Waals surface area contributed by atoms with Gasteiger partial charge in [-0.05, 0) is 50.8 Å². The molecule has 0 amide bonds. The average Bonchev–Trinajstić information content (AvgIpc) is 3.21. The Hall–Kier alpha value is -1.53. The van der Waals surface area contributed by atoms with Gasteiger partial charge < -0.3 is 10.1 Å². The SMILES string of the molecule is CC(C)(C#N)CCOc1cccc(CNC2CC2)c1. The summed E-state index contributed by atoms with van der Waals surface area (Å²) in [5.74, 6) is 0.892. The van der Waals surface area contributed by atoms with Crippen molar-refractivity contribution in [2.45, 2.75) is 45.7 Å². The fraction of sp³-hybridized carbons (Fsp3) is 0.562. The summed E-state index contributed by atoms with van der Waals surface area (Å²) < 4.78 is 5.73. The molecule has 0 aliphatic heterocycles. The molecule has 1 fully saturated rings. The molecule has 0 unspecified atom stereocenters. The van der Waals surface area contributed by atoms with Crippen molar-refractivity contribution in [1.29, 1.82) is 5.26 Å². The number of nitrogens with one attached hydrogen (secondary N) is 1. The van der Waals surface area contributed by atoms with Crippen molar-refractivity contribution < 1.29 is 4.74 Å². The van der Waals surface area contributed by atoms with E-state index in [4.69, 9.17) is 10.00 Å². The van der Waals surface area contributed by atoms with Crippen LogP contribution in [-0.2, 0) is 6.54 Å². The Morgan fingerprint density at radius 2 is 2.21 bits per heavy atom. The van der Waals surface area contributed by atoms with Gasteiger partial charge in [0.25, 0.3) is 0 Å². The summed E-state index contributed by atoms with van der Waals surface area (Å²) in [4.78, 5) is 0. The fourth-order valence-corrected chi connectivity index (χ4v) is 1.77. The lowest BCUT2D eigenvalue weighted by Crippen LogP contribution is -2.15. The van der Waals surface area contributed by atoms with E-state index in [0.717, 1.165) is 24.8 Å². The molecule has 1 aromatic carbocycles. The third-order valence-electron chi connectivity index (χ3n) is 3.37. The highest BCUT2D eigenvalue weighted by Crippen LogP contribution is 2.22. The molecule has 0 radical (unpaired) electrons. The second-order valence-corrected chi connectivity index (χ2v) is 5.90. The van der Waals surface area contributed by atoms with Crippen LogP contribution in [0.1, 0.15) is 38.7 Å². The van der Waals surface area contributed by atoms with Gasteiger partial charge in [0.1, 0.15) is 5.75 Å². The van der Waals surface area contributed by atoms with E-state index in [9.17, 15) is 0 Å². The Bertz CT molecular complexity index is 458. The van der Waals surface area contributed by atoms with Crippen LogP contribution >= 0.6 is 0 Å². The largest absolute Gasteiger partial charge is 0.494 e. The van der Waals surface area contributed by atoms with Crippen LogP contribution in [0.15, 0.2) is 24.3 Å². The molecule has 1 aliphatic carbocycles. The molecule has 3 nitrogen and oxygen atoms in total. The summed E-state index contributed by atoms with van der Waals surface area (Å²) in [5, 5.41) is 12.4. The predicted molar refractivity (Wildman–Crippen MR) is 75.8 cm³/mol. The van der Waals surface area contributed by atoms with Gasteiger partial charge in [-0.1, -0.05) is 12.1 Å². The zero-order valence-corrected chi connectivity index (χ0v) is 11.8. The number of hydrogen-bond donors (Lipinski definition) is 1. The highest BCUT2D eigenvalue weighted by atomic mass is 16.5. The van der Waals surface area contributed by atoms with Crippen LogP contribution in [0, 0.1) is 16.7 Å². The van der Waals surface area contributed by atoms with Gasteiger partial charge in [0.2, 0.25) is 0 Å². The van der Waals surface area contributed by atoms with Crippen LogP contribution in [-0.4, -0.2) is 12.6 Å². The number of ether oxygens (including phenoxy) is 1. The third-order valence-corrected chi connectivity index (χ3v) is 3.37. The minimum Gasteiger partial charge on any atom is -0.494 e. The maximum absolute atomic E-state index is 8.95. The van der Waals surface area contributed by atoms with Gasteiger partial charge in [-0.2, -0.15) is 5.26 Å². The summed E-state index contributed by atoms with van der Waals surface area (Å²) in [6, 6.07) is 11.2. The second kappa shape index (κ2) is 6.08. The van der Waals surface area contributed by atoms with Crippen LogP contribution in [0.3, 0.4) is 0 Å². The summed E-state index contributed by atoms with van der Waals surface area (Å²) >= 11 is 0. The van der Waals surface area contributed by atoms with Gasteiger partial charge in [0.15, 0.2) is 0 Å². The first-order valence-electron chi connectivity index (χ1n) is 6.95. The molecule has 0 spiro atoms. The quantitative estimate of drug-likeness (QED) is 0.816. The van der Waals surface area contributed by atoms with Gasteiger partial charge in [-0.15, -0.1) is 0 Å². The van der Waals surface area contributed by atoms with Crippen LogP contribution in [0.5, 0.6) is 5.75 Å². The Kier molecular flexibility index (Phi) is 4.44. The van der Waals surface area contributed by atoms with Crippen LogP contribution in [0.2, 0.25) is 0 Å². The highest BCUT2D eigenvalue weighted by molar-refractivity contribution is 5.28. The minimum absolute atomic E-state index is 0.314. The molecule has 1 aromatic rings. The van der Waals surface area contributed by atoms with E-state index in [2.05, 4.69) is 23.5 Å². The average molecular weight is 258 g/mol. The number of nitrogens with zero attached hydrogens (tertiary/aromatic N) is 1. The van der Waals surface area contributed by atoms with E-state index in [1.807, 2.05) is 26.0 Å². The lowest BCUT2D eigenvalue weighted by atomic mass is 9.92. The first-order chi connectivity index (χ1) is 9.09. The summed E-state index contributed by atoms with van der Waals surface area (Å²) in [6.07, 6.45) is 3.35. The Labute approximate surface area is 115 Å². The first kappa shape index (κ1) is 13.9. The third kappa shape index (κ3) is 4.92. The minimum atomic E-state index is -0.314. The molecule has 0 saturated heterocycles. The smallest absolute Gasteiger partial charge is 0.119 e. The van der Waals surface area contributed by atoms with Gasteiger partial charge >= 0.3 is 0 Å². The van der Waals surface area contributed by atoms with Crippen LogP contribution < -0.4 is 10.1 Å². The number of rotatable bonds is 7. The highest BCUT2D eigenvalue weighted by Gasteiger charge is 2.20. The molecular formula is C16H22N2O. The molecular weight excluding hydrogens is 236 g/mol. The number of nitriles is 1. The first-order valence-corrected chi connectivity index (χ1v) is 6.95. The zero-order chi connectivity index (χ0) is 13.7. The van der Waals surface area contributed by atoms with Crippen molar-refractivity contribution in [3.8, 4) is 11.8 Å². The topological polar surface area (TPSA) is 45.0 Å². The van der Waals surface area contributed by atoms with Crippen molar-refractivity contribution in [2.24, 2.45) is 5.41 Å². The maximum atomic E-state index is 8.95. The summed E-state index contributed by atoms with van der Waals surface area (Å²) in [5.41, 5.74) is 0.939. The predicted octanol–water partition coefficient (Wildman–Crippen LogP) is 3.26. The van der Waals surface area contributed by atoms with Gasteiger partial charge in [-0.25, -0.2) is 0 Å². The van der Waals surface area contributed by atoms with E-state index >= 15 is 0 Å². The van der Waals surface area contributed by atoms with E-state index < -0.39 is 0 Å². The normalized spacial score (nSPS) is 15.0. The Balaban J connectivity index is 1.79. The molecule has 1 N–H and O–H groups in total. The van der Waals surface area contributed by atoms with E-state index in [1.165, 1.54) is 18.4 Å². The van der Waals surface area contributed by atoms with Crippen molar-refractivity contribution in [2.75, 3.05) is 6.61 Å². The Morgan fingerprint density at radius 1 is 1.42 bits per heavy atom. The maximum Gasteiger partial charge on any atom is 0.119 e. The zero-order valence-electron chi connectivity index (χ0n) is 11.8. The van der Waals surface area contributed by atoms with E-state index in [-0.39, 0.29) is 5.41 Å². The molecule has 3 heteroatoms. The monoisotopic (exact) mass is 258 g/mol. The van der Waals surface area contributed by atoms with E-state index in [0.29, 0.717) is 6.61 Å². The standard InChI is InChI=1S/C16H22N2O/c1-16(2,12-17)8-9-19-15-5-3-4-13(10-15)11-18-14-6-7-14/h3-5,10,14,18H,6-9,11H2,1-2H3. The van der Waals surface area contributed by atoms with Gasteiger partial charge in [0.05, 0.1) is 18.1 Å². The molecule has 0 heterocycles. The number of hydrogen-bond acceptors (Lipinski definition) is 3. The lowest BCUT2D eigenvalue weighted by Gasteiger charge is -2.15.